The van der Waals surface area contributed by atoms with Gasteiger partial charge in [-0.05, 0) is 287 Å². The predicted octanol–water partition coefficient (Wildman–Crippen LogP) is 31.4. The second-order valence-corrected chi connectivity index (χ2v) is 32.7. The zero-order valence-corrected chi connectivity index (χ0v) is 76.9. The molecule has 2 atom stereocenters. The number of para-hydroxylation sites is 2. The van der Waals surface area contributed by atoms with Gasteiger partial charge in [0.2, 0.25) is 0 Å². The second kappa shape index (κ2) is 46.4. The lowest BCUT2D eigenvalue weighted by Crippen LogP contribution is -2.21. The van der Waals surface area contributed by atoms with Gasteiger partial charge in [0.25, 0.3) is 22.8 Å². The van der Waals surface area contributed by atoms with E-state index in [1.165, 1.54) is 48.8 Å². The van der Waals surface area contributed by atoms with Crippen molar-refractivity contribution in [2.24, 2.45) is 0 Å². The van der Waals surface area contributed by atoms with Gasteiger partial charge in [0.15, 0.2) is 0 Å². The van der Waals surface area contributed by atoms with Crippen LogP contribution >= 0.6 is 0 Å². The van der Waals surface area contributed by atoms with Gasteiger partial charge in [0.05, 0.1) is 81.7 Å². The first-order valence-electron chi connectivity index (χ1n) is 45.5. The van der Waals surface area contributed by atoms with Crippen molar-refractivity contribution in [2.75, 3.05) is 45.9 Å². The quantitative estimate of drug-likeness (QED) is 0.0525. The third kappa shape index (κ3) is 23.8. The summed E-state index contributed by atoms with van der Waals surface area (Å²) in [6.45, 7) is 39.8. The average molecular weight is 1790 g/mol. The lowest BCUT2D eigenvalue weighted by Gasteiger charge is -2.27. The molecule has 0 radical (unpaired) electrons. The summed E-state index contributed by atoms with van der Waals surface area (Å²) in [5.41, 5.74) is 18.5. The third-order valence-corrected chi connectivity index (χ3v) is 23.6. The fraction of sp³-hybridized carbons (Fsp3) is 0.115. The maximum Gasteiger partial charge on any atom is 0.265 e. The van der Waals surface area contributed by atoms with Gasteiger partial charge in [-0.15, -0.1) is 0 Å². The minimum absolute atomic E-state index is 0.0465. The van der Waals surface area contributed by atoms with Crippen LogP contribution in [0.15, 0.2) is 444 Å². The van der Waals surface area contributed by atoms with Gasteiger partial charge in [-0.2, -0.15) is 0 Å². The molecular formula is C122H96N12O4. The summed E-state index contributed by atoms with van der Waals surface area (Å²) in [5.74, 6) is 2.63. The van der Waals surface area contributed by atoms with E-state index in [1.807, 2.05) is 123 Å². The van der Waals surface area contributed by atoms with Crippen LogP contribution in [-0.2, 0) is 18.9 Å². The van der Waals surface area contributed by atoms with E-state index < -0.39 is 0 Å². The number of nitrogens with zero attached hydrogens (tertiary/aromatic N) is 12. The molecule has 4 aliphatic heterocycles. The van der Waals surface area contributed by atoms with Gasteiger partial charge >= 0.3 is 0 Å². The average Bonchev–Trinajstić information content (AvgIpc) is 0.793. The van der Waals surface area contributed by atoms with Crippen molar-refractivity contribution in [1.29, 1.82) is 21.0 Å². The van der Waals surface area contributed by atoms with Crippen molar-refractivity contribution in [3.63, 3.8) is 0 Å². The summed E-state index contributed by atoms with van der Waals surface area (Å²) in [5, 5.41) is 46.2. The Kier molecular flexibility index (Phi) is 31.6. The van der Waals surface area contributed by atoms with E-state index >= 15 is 0 Å². The van der Waals surface area contributed by atoms with E-state index in [0.29, 0.717) is 61.9 Å². The Bertz CT molecular complexity index is 7410. The molecule has 0 bridgehead atoms. The monoisotopic (exact) mass is 1790 g/mol. The van der Waals surface area contributed by atoms with Crippen LogP contribution in [0.4, 0.5) is 56.9 Å². The van der Waals surface area contributed by atoms with Crippen LogP contribution in [0.2, 0.25) is 0 Å². The van der Waals surface area contributed by atoms with Gasteiger partial charge in [0.1, 0.15) is 23.0 Å². The van der Waals surface area contributed by atoms with Crippen molar-refractivity contribution in [2.45, 2.75) is 65.6 Å². The van der Waals surface area contributed by atoms with Crippen molar-refractivity contribution in [3.05, 3.63) is 512 Å². The van der Waals surface area contributed by atoms with Crippen LogP contribution < -0.4 is 19.6 Å². The molecule has 0 aromatic heterocycles. The summed E-state index contributed by atoms with van der Waals surface area (Å²) < 4.78 is 23.1. The number of rotatable bonds is 20. The van der Waals surface area contributed by atoms with Crippen LogP contribution in [-0.4, -0.2) is 38.5 Å². The molecule has 14 aromatic rings. The lowest BCUT2D eigenvalue weighted by molar-refractivity contribution is 0.133. The normalized spacial score (nSPS) is 15.7. The third-order valence-electron chi connectivity index (χ3n) is 23.6. The minimum Gasteiger partial charge on any atom is -0.493 e. The Morgan fingerprint density at radius 3 is 0.964 bits per heavy atom. The van der Waals surface area contributed by atoms with Crippen LogP contribution in [0.25, 0.3) is 86.8 Å². The molecule has 138 heavy (non-hydrogen) atoms. The van der Waals surface area contributed by atoms with Crippen molar-refractivity contribution < 1.29 is 18.9 Å². The van der Waals surface area contributed by atoms with E-state index in [9.17, 15) is 15.8 Å². The highest BCUT2D eigenvalue weighted by molar-refractivity contribution is 6.01. The maximum absolute atomic E-state index is 9.20. The topological polar surface area (TPSA) is 162 Å². The Balaban J connectivity index is 0.000000142. The predicted molar refractivity (Wildman–Crippen MR) is 560 cm³/mol. The molecule has 0 spiro atoms. The van der Waals surface area contributed by atoms with Gasteiger partial charge < -0.3 is 38.5 Å². The number of allylic oxidation sites excluding steroid dienone is 12. The van der Waals surface area contributed by atoms with Gasteiger partial charge in [-0.25, -0.2) is 40.4 Å². The molecule has 14 aromatic carbocycles. The van der Waals surface area contributed by atoms with E-state index in [4.69, 9.17) is 50.5 Å². The Labute approximate surface area is 807 Å². The molecule has 4 heterocycles. The minimum atomic E-state index is -0.0811. The molecule has 4 aliphatic rings. The van der Waals surface area contributed by atoms with Crippen LogP contribution in [0.3, 0.4) is 0 Å². The summed E-state index contributed by atoms with van der Waals surface area (Å²) >= 11 is 0. The number of anilines is 10. The zero-order valence-electron chi connectivity index (χ0n) is 76.9. The van der Waals surface area contributed by atoms with Gasteiger partial charge in [-0.3, -0.25) is 0 Å². The molecule has 0 N–H and O–H groups in total. The van der Waals surface area contributed by atoms with Gasteiger partial charge in [0, 0.05) is 82.5 Å². The van der Waals surface area contributed by atoms with Crippen LogP contribution in [0.1, 0.15) is 75.6 Å². The number of ether oxygens (including phenoxy) is 4. The molecule has 16 nitrogen and oxygen atoms in total. The standard InChI is InChI=1S/2C36H25N3O.C29H23N3O.C21H23N3O/c1-38-36(25-37)31-20-21-40-35(24-31)19-12-26-10-15-32(16-11-26)39(33-17-13-27-6-2-4-8-29(27)22-33)34-18-14-28-7-3-5-9-30(28)23-34;1-38-35(25-37)30-21-22-40-33(24-30)20-15-26-13-17-31(18-14-26)39(32-19-16-27-7-2-3-9-29(27)23-32)36-12-6-10-28-8-4-5-11-34(28)36;1-22-19-24(29(21-30)31-2)20-28(33-22)18-15-23-13-16-27(17-14-23)32(25-9-5-3-6-10-25)26-11-7-4-8-12-26;1-5-24(6-2)19-10-7-17(8-11-19)9-12-20-14-18(13-16(3)25-20)21(15-22)23-4/h2-19,22-24H,20-21H2;2-20,23-24H,21-22H2;3-18,20,22H,19H2,1H3;7-12,14,16H,5-6,13H2,1-3H3/b19-12+,36-31-;20-15+,35-30-;18-15+,29-24-;12-9+,21-18-. The Morgan fingerprint density at radius 2 is 0.594 bits per heavy atom. The SMILES string of the molecule is [C-]#[N+]/C(C#N)=C1C=C(/C=C/c2ccc(N(CC)CC)cc2)OC(C)C\1.[C-]#[N+]/C(C#N)=C1C=C(/C=C/c2ccc(N(c3ccc4ccccc4c3)c3ccc4ccccc4c3)cc2)OCC\1.[C-]#[N+]/C(C#N)=C1C=C(/C=C/c2ccc(N(c3ccc4ccccc4c3)c3cccc4ccccc34)cc2)OCC\1.[C-]#[N+]/C(C#N)=C1C=C(/C=C/c2ccc(N(c3ccccc3)c3ccccc3)cc2)OC(C)C\1. The summed E-state index contributed by atoms with van der Waals surface area (Å²) in [6.07, 6.45) is 24.8. The smallest absolute Gasteiger partial charge is 0.265 e. The van der Waals surface area contributed by atoms with E-state index in [1.54, 1.807) is 24.3 Å². The fourth-order valence-corrected chi connectivity index (χ4v) is 16.7. The first-order chi connectivity index (χ1) is 67.7. The van der Waals surface area contributed by atoms with E-state index in [0.717, 1.165) is 109 Å². The first-order valence-corrected chi connectivity index (χ1v) is 45.5. The second-order valence-electron chi connectivity index (χ2n) is 32.7. The number of hydrogen-bond acceptors (Lipinski definition) is 12. The number of fused-ring (bicyclic) bond motifs is 4. The molecule has 0 fully saturated rings. The largest absolute Gasteiger partial charge is 0.493 e. The van der Waals surface area contributed by atoms with Crippen molar-refractivity contribution >= 4 is 124 Å². The molecule has 0 saturated heterocycles. The Hall–Kier alpha value is -18.7. The molecule has 18 rings (SSSR count). The van der Waals surface area contributed by atoms with Crippen LogP contribution in [0.5, 0.6) is 0 Å². The highest BCUT2D eigenvalue weighted by Crippen LogP contribution is 2.43. The number of benzene rings is 14. The highest BCUT2D eigenvalue weighted by Gasteiger charge is 2.23. The summed E-state index contributed by atoms with van der Waals surface area (Å²) in [6, 6.07) is 122. The Morgan fingerprint density at radius 1 is 0.304 bits per heavy atom. The lowest BCUT2D eigenvalue weighted by atomic mass is 10.0. The summed E-state index contributed by atoms with van der Waals surface area (Å²) in [4.78, 5) is 22.4. The zero-order chi connectivity index (χ0) is 95.9. The molecule has 668 valence electrons. The fourth-order valence-electron chi connectivity index (χ4n) is 16.7. The molecule has 0 aliphatic carbocycles. The van der Waals surface area contributed by atoms with Gasteiger partial charge in [-0.1, -0.05) is 237 Å². The molecule has 16 heteroatoms. The number of nitriles is 4. The van der Waals surface area contributed by atoms with E-state index in [-0.39, 0.29) is 35.0 Å². The molecular weight excluding hydrogens is 1700 g/mol. The summed E-state index contributed by atoms with van der Waals surface area (Å²) in [7, 11) is 0. The molecule has 2 unspecified atom stereocenters. The maximum atomic E-state index is 9.20. The molecule has 0 amide bonds. The number of hydrogen-bond donors (Lipinski definition) is 0. The van der Waals surface area contributed by atoms with Crippen LogP contribution in [0, 0.1) is 71.6 Å². The highest BCUT2D eigenvalue weighted by atomic mass is 16.5. The first kappa shape index (κ1) is 94.0. The van der Waals surface area contributed by atoms with Crippen molar-refractivity contribution in [1.82, 2.24) is 0 Å². The molecule has 0 saturated carbocycles. The van der Waals surface area contributed by atoms with Crippen molar-refractivity contribution in [3.8, 4) is 24.3 Å². The van der Waals surface area contributed by atoms with E-state index in [2.05, 4.69) is 344 Å².